The van der Waals surface area contributed by atoms with E-state index in [0.717, 1.165) is 11.4 Å². The van der Waals surface area contributed by atoms with Gasteiger partial charge in [0.1, 0.15) is 0 Å². The van der Waals surface area contributed by atoms with Crippen molar-refractivity contribution in [1.82, 2.24) is 9.80 Å². The summed E-state index contributed by atoms with van der Waals surface area (Å²) in [6.45, 7) is 2.86. The lowest BCUT2D eigenvalue weighted by Crippen LogP contribution is -2.50. The maximum Gasteiger partial charge on any atom is 0.238 e. The Morgan fingerprint density at radius 3 is 2.18 bits per heavy atom. The molecule has 1 aliphatic rings. The van der Waals surface area contributed by atoms with Crippen molar-refractivity contribution in [3.63, 3.8) is 0 Å². The third-order valence-electron chi connectivity index (χ3n) is 5.52. The second kappa shape index (κ2) is 12.4. The molecule has 0 atom stereocenters. The van der Waals surface area contributed by atoms with E-state index in [1.165, 1.54) is 0 Å². The minimum absolute atomic E-state index is 0.0648. The first-order valence-corrected chi connectivity index (χ1v) is 11.1. The third-order valence-corrected chi connectivity index (χ3v) is 5.52. The van der Waals surface area contributed by atoms with E-state index in [-0.39, 0.29) is 43.5 Å². The zero-order chi connectivity index (χ0) is 23.5. The monoisotopic (exact) mass is 447 g/mol. The van der Waals surface area contributed by atoms with Gasteiger partial charge in [-0.3, -0.25) is 19.3 Å². The lowest BCUT2D eigenvalue weighted by Gasteiger charge is -2.34. The van der Waals surface area contributed by atoms with Gasteiger partial charge in [-0.25, -0.2) is 0 Å². The number of carbonyl (C=O) groups excluding carboxylic acids is 3. The van der Waals surface area contributed by atoms with Crippen LogP contribution in [0.15, 0.2) is 60.7 Å². The molecule has 0 spiro atoms. The molecule has 2 aromatic rings. The maximum absolute atomic E-state index is 12.8. The van der Waals surface area contributed by atoms with E-state index in [1.54, 1.807) is 9.80 Å². The Hall–Kier alpha value is -3.70. The second-order valence-corrected chi connectivity index (χ2v) is 7.86. The molecule has 1 heterocycles. The van der Waals surface area contributed by atoms with E-state index < -0.39 is 0 Å². The average Bonchev–Trinajstić information content (AvgIpc) is 2.84. The van der Waals surface area contributed by atoms with Crippen LogP contribution >= 0.6 is 0 Å². The number of piperazine rings is 1. The van der Waals surface area contributed by atoms with Gasteiger partial charge < -0.3 is 15.1 Å². The predicted molar refractivity (Wildman–Crippen MR) is 126 cm³/mol. The minimum atomic E-state index is -0.166. The Morgan fingerprint density at radius 1 is 0.909 bits per heavy atom. The van der Waals surface area contributed by atoms with Crippen molar-refractivity contribution in [2.45, 2.75) is 19.3 Å². The highest BCUT2D eigenvalue weighted by Gasteiger charge is 2.24. The highest BCUT2D eigenvalue weighted by molar-refractivity contribution is 5.95. The van der Waals surface area contributed by atoms with Crippen LogP contribution in [-0.2, 0) is 14.4 Å². The smallest absolute Gasteiger partial charge is 0.238 e. The maximum atomic E-state index is 12.8. The number of hydrogen-bond acceptors (Lipinski definition) is 5. The van der Waals surface area contributed by atoms with Gasteiger partial charge in [-0.05, 0) is 24.3 Å². The first-order valence-electron chi connectivity index (χ1n) is 11.1. The summed E-state index contributed by atoms with van der Waals surface area (Å²) in [6, 6.07) is 20.6. The van der Waals surface area contributed by atoms with Gasteiger partial charge in [-0.15, -0.1) is 0 Å². The molecule has 3 amide bonds. The summed E-state index contributed by atoms with van der Waals surface area (Å²) in [5, 5.41) is 11.8. The number of rotatable bonds is 9. The number of nitriles is 1. The standard InChI is InChI=1S/C25H29N5O3/c26-14-7-15-30(22-10-5-2-6-11-22)25(33)13-12-24(32)29-18-16-28(17-19-29)20-23(31)27-21-8-3-1-4-9-21/h1-6,8-11H,7,12-13,15-20H2,(H,27,31). The molecule has 1 N–H and O–H groups in total. The minimum Gasteiger partial charge on any atom is -0.340 e. The van der Waals surface area contributed by atoms with Gasteiger partial charge in [0, 0.05) is 56.9 Å². The van der Waals surface area contributed by atoms with E-state index in [4.69, 9.17) is 5.26 Å². The van der Waals surface area contributed by atoms with Gasteiger partial charge in [0.2, 0.25) is 17.7 Å². The van der Waals surface area contributed by atoms with Crippen molar-refractivity contribution in [2.24, 2.45) is 0 Å². The number of benzene rings is 2. The molecule has 0 unspecified atom stereocenters. The highest BCUT2D eigenvalue weighted by atomic mass is 16.2. The summed E-state index contributed by atoms with van der Waals surface area (Å²) in [5.74, 6) is -0.309. The lowest BCUT2D eigenvalue weighted by atomic mass is 10.2. The molecule has 1 fully saturated rings. The fraction of sp³-hybridized carbons (Fsp3) is 0.360. The van der Waals surface area contributed by atoms with Crippen LogP contribution in [0.5, 0.6) is 0 Å². The summed E-state index contributed by atoms with van der Waals surface area (Å²) in [4.78, 5) is 43.0. The summed E-state index contributed by atoms with van der Waals surface area (Å²) >= 11 is 0. The molecule has 8 heteroatoms. The van der Waals surface area contributed by atoms with Crippen LogP contribution in [0.3, 0.4) is 0 Å². The molecule has 3 rings (SSSR count). The number of para-hydroxylation sites is 2. The number of nitrogens with one attached hydrogen (secondary N) is 1. The van der Waals surface area contributed by atoms with Crippen LogP contribution in [0.25, 0.3) is 0 Å². The fourth-order valence-electron chi connectivity index (χ4n) is 3.75. The zero-order valence-corrected chi connectivity index (χ0v) is 18.7. The van der Waals surface area contributed by atoms with Crippen LogP contribution in [-0.4, -0.2) is 66.8 Å². The van der Waals surface area contributed by atoms with E-state index >= 15 is 0 Å². The summed E-state index contributed by atoms with van der Waals surface area (Å²) in [7, 11) is 0. The molecular formula is C25H29N5O3. The second-order valence-electron chi connectivity index (χ2n) is 7.86. The van der Waals surface area contributed by atoms with Gasteiger partial charge in [-0.1, -0.05) is 36.4 Å². The summed E-state index contributed by atoms with van der Waals surface area (Å²) in [6.07, 6.45) is 0.455. The Labute approximate surface area is 194 Å². The molecule has 0 saturated carbocycles. The first kappa shape index (κ1) is 24.0. The highest BCUT2D eigenvalue weighted by Crippen LogP contribution is 2.16. The third kappa shape index (κ3) is 7.44. The Bertz CT molecular complexity index is 967. The molecule has 2 aromatic carbocycles. The Balaban J connectivity index is 1.42. The van der Waals surface area contributed by atoms with Crippen LogP contribution in [0.4, 0.5) is 11.4 Å². The van der Waals surface area contributed by atoms with Crippen molar-refractivity contribution in [1.29, 1.82) is 5.26 Å². The number of anilines is 2. The zero-order valence-electron chi connectivity index (χ0n) is 18.7. The van der Waals surface area contributed by atoms with Gasteiger partial charge in [0.15, 0.2) is 0 Å². The molecule has 0 aromatic heterocycles. The van der Waals surface area contributed by atoms with Gasteiger partial charge in [-0.2, -0.15) is 5.26 Å². The molecule has 33 heavy (non-hydrogen) atoms. The number of carbonyl (C=O) groups is 3. The van der Waals surface area contributed by atoms with E-state index in [1.807, 2.05) is 65.6 Å². The van der Waals surface area contributed by atoms with E-state index in [0.29, 0.717) is 32.7 Å². The van der Waals surface area contributed by atoms with Crippen molar-refractivity contribution < 1.29 is 14.4 Å². The molecule has 0 bridgehead atoms. The van der Waals surface area contributed by atoms with Gasteiger partial charge in [0.05, 0.1) is 19.0 Å². The predicted octanol–water partition coefficient (Wildman–Crippen LogP) is 2.50. The molecular weight excluding hydrogens is 418 g/mol. The van der Waals surface area contributed by atoms with Crippen molar-refractivity contribution >= 4 is 29.1 Å². The molecule has 0 aliphatic carbocycles. The van der Waals surface area contributed by atoms with E-state index in [2.05, 4.69) is 11.4 Å². The van der Waals surface area contributed by atoms with Crippen LogP contribution in [0, 0.1) is 11.3 Å². The number of amides is 3. The average molecular weight is 448 g/mol. The van der Waals surface area contributed by atoms with Crippen molar-refractivity contribution in [2.75, 3.05) is 49.5 Å². The topological polar surface area (TPSA) is 96.8 Å². The SMILES string of the molecule is N#CCCN(C(=O)CCC(=O)N1CCN(CC(=O)Nc2ccccc2)CC1)c1ccccc1. The summed E-state index contributed by atoms with van der Waals surface area (Å²) < 4.78 is 0. The first-order chi connectivity index (χ1) is 16.1. The van der Waals surface area contributed by atoms with Crippen LogP contribution < -0.4 is 10.2 Å². The molecule has 172 valence electrons. The van der Waals surface area contributed by atoms with Crippen LogP contribution in [0.2, 0.25) is 0 Å². The van der Waals surface area contributed by atoms with Crippen molar-refractivity contribution in [3.8, 4) is 6.07 Å². The Kier molecular flexibility index (Phi) is 8.98. The summed E-state index contributed by atoms with van der Waals surface area (Å²) in [5.41, 5.74) is 1.49. The Morgan fingerprint density at radius 2 is 1.55 bits per heavy atom. The lowest BCUT2D eigenvalue weighted by molar-refractivity contribution is -0.134. The van der Waals surface area contributed by atoms with Gasteiger partial charge in [0.25, 0.3) is 0 Å². The van der Waals surface area contributed by atoms with Crippen molar-refractivity contribution in [3.05, 3.63) is 60.7 Å². The largest absolute Gasteiger partial charge is 0.340 e. The normalized spacial score (nSPS) is 13.7. The molecule has 1 aliphatic heterocycles. The van der Waals surface area contributed by atoms with Crippen LogP contribution in [0.1, 0.15) is 19.3 Å². The molecule has 0 radical (unpaired) electrons. The fourth-order valence-corrected chi connectivity index (χ4v) is 3.75. The quantitative estimate of drug-likeness (QED) is 0.637. The number of hydrogen-bond donors (Lipinski definition) is 1. The molecule has 8 nitrogen and oxygen atoms in total. The molecule has 1 saturated heterocycles. The van der Waals surface area contributed by atoms with E-state index in [9.17, 15) is 14.4 Å². The number of nitrogens with zero attached hydrogens (tertiary/aromatic N) is 4. The van der Waals surface area contributed by atoms with Gasteiger partial charge >= 0.3 is 0 Å².